The van der Waals surface area contributed by atoms with Crippen LogP contribution in [-0.2, 0) is 0 Å². The molecule has 0 atom stereocenters. The smallest absolute Gasteiger partial charge is 0.114 e. The molecular formula is C4H3BS. The number of rotatable bonds is 0. The summed E-state index contributed by atoms with van der Waals surface area (Å²) < 4.78 is 0. The lowest BCUT2D eigenvalue weighted by atomic mass is 10.0. The largest absolute Gasteiger partial charge is 0.153 e. The molecule has 1 rings (SSSR count). The van der Waals surface area contributed by atoms with E-state index in [-0.39, 0.29) is 0 Å². The first-order valence-corrected chi connectivity index (χ1v) is 2.61. The lowest BCUT2D eigenvalue weighted by Gasteiger charge is -1.65. The van der Waals surface area contributed by atoms with E-state index < -0.39 is 0 Å². The van der Waals surface area contributed by atoms with Gasteiger partial charge in [0.05, 0.1) is 0 Å². The van der Waals surface area contributed by atoms with E-state index in [4.69, 9.17) is 7.85 Å². The van der Waals surface area contributed by atoms with Crippen LogP contribution in [0.1, 0.15) is 0 Å². The van der Waals surface area contributed by atoms with Crippen LogP contribution >= 0.6 is 11.3 Å². The standard InChI is InChI=1S/C4H3BS/c5-4-1-2-6-3-4/h1-3H. The summed E-state index contributed by atoms with van der Waals surface area (Å²) in [6.07, 6.45) is 0. The molecule has 0 fully saturated rings. The molecule has 0 amide bonds. The van der Waals surface area contributed by atoms with Crippen molar-refractivity contribution in [1.82, 2.24) is 0 Å². The molecule has 0 nitrogen and oxygen atoms in total. The molecule has 0 aliphatic rings. The first-order valence-electron chi connectivity index (χ1n) is 1.67. The quantitative estimate of drug-likeness (QED) is 0.411. The van der Waals surface area contributed by atoms with Crippen LogP contribution in [0.2, 0.25) is 0 Å². The van der Waals surface area contributed by atoms with E-state index in [0.29, 0.717) is 0 Å². The van der Waals surface area contributed by atoms with Crippen molar-refractivity contribution in [2.24, 2.45) is 0 Å². The van der Waals surface area contributed by atoms with Gasteiger partial charge in [-0.1, -0.05) is 11.5 Å². The molecule has 1 aromatic heterocycles. The summed E-state index contributed by atoms with van der Waals surface area (Å²) in [5.74, 6) is 0. The van der Waals surface area contributed by atoms with Gasteiger partial charge in [-0.3, -0.25) is 0 Å². The summed E-state index contributed by atoms with van der Waals surface area (Å²) in [4.78, 5) is 0. The van der Waals surface area contributed by atoms with Gasteiger partial charge in [0.2, 0.25) is 0 Å². The molecule has 0 aromatic carbocycles. The van der Waals surface area contributed by atoms with E-state index in [2.05, 4.69) is 0 Å². The highest BCUT2D eigenvalue weighted by Crippen LogP contribution is 1.88. The highest BCUT2D eigenvalue weighted by molar-refractivity contribution is 7.08. The first-order chi connectivity index (χ1) is 2.89. The topological polar surface area (TPSA) is 0 Å². The van der Waals surface area contributed by atoms with Gasteiger partial charge in [-0.15, -0.1) is 0 Å². The second-order valence-corrected chi connectivity index (χ2v) is 1.84. The van der Waals surface area contributed by atoms with Crippen molar-refractivity contribution in [3.63, 3.8) is 0 Å². The van der Waals surface area contributed by atoms with Gasteiger partial charge in [0.1, 0.15) is 7.85 Å². The Morgan fingerprint density at radius 2 is 2.50 bits per heavy atom. The third-order valence-electron chi connectivity index (χ3n) is 0.543. The summed E-state index contributed by atoms with van der Waals surface area (Å²) in [6.45, 7) is 0. The Morgan fingerprint density at radius 3 is 2.67 bits per heavy atom. The maximum Gasteiger partial charge on any atom is 0.114 e. The van der Waals surface area contributed by atoms with Crippen molar-refractivity contribution in [2.75, 3.05) is 0 Å². The van der Waals surface area contributed by atoms with Gasteiger partial charge >= 0.3 is 0 Å². The predicted molar refractivity (Wildman–Crippen MR) is 29.7 cm³/mol. The van der Waals surface area contributed by atoms with Crippen molar-refractivity contribution >= 4 is 24.6 Å². The van der Waals surface area contributed by atoms with Crippen LogP contribution in [0.5, 0.6) is 0 Å². The van der Waals surface area contributed by atoms with Crippen molar-refractivity contribution in [3.05, 3.63) is 16.8 Å². The van der Waals surface area contributed by atoms with Crippen molar-refractivity contribution in [2.45, 2.75) is 0 Å². The first kappa shape index (κ1) is 3.94. The summed E-state index contributed by atoms with van der Waals surface area (Å²) in [6, 6.07) is 1.88. The molecule has 2 heteroatoms. The van der Waals surface area contributed by atoms with Crippen LogP contribution in [0.15, 0.2) is 16.8 Å². The molecule has 2 radical (unpaired) electrons. The zero-order valence-electron chi connectivity index (χ0n) is 3.22. The minimum atomic E-state index is 0.861. The second-order valence-electron chi connectivity index (χ2n) is 1.06. The van der Waals surface area contributed by atoms with Crippen LogP contribution in [0, 0.1) is 0 Å². The molecule has 0 spiro atoms. The summed E-state index contributed by atoms with van der Waals surface area (Å²) in [5.41, 5.74) is 0.861. The van der Waals surface area contributed by atoms with Gasteiger partial charge in [0.25, 0.3) is 0 Å². The zero-order chi connectivity index (χ0) is 4.41. The summed E-state index contributed by atoms with van der Waals surface area (Å²) in [7, 11) is 5.29. The average molecular weight is 93.9 g/mol. The Morgan fingerprint density at radius 1 is 1.67 bits per heavy atom. The zero-order valence-corrected chi connectivity index (χ0v) is 4.03. The molecule has 6 heavy (non-hydrogen) atoms. The van der Waals surface area contributed by atoms with E-state index in [0.717, 1.165) is 5.46 Å². The summed E-state index contributed by atoms with van der Waals surface area (Å²) in [5, 5.41) is 3.86. The molecule has 1 heterocycles. The molecule has 0 bridgehead atoms. The van der Waals surface area contributed by atoms with Gasteiger partial charge in [-0.2, -0.15) is 11.3 Å². The lowest BCUT2D eigenvalue weighted by molar-refractivity contribution is 2.15. The Bertz CT molecular complexity index is 111. The van der Waals surface area contributed by atoms with Crippen LogP contribution in [0.3, 0.4) is 0 Å². The van der Waals surface area contributed by atoms with E-state index in [1.54, 1.807) is 11.3 Å². The Balaban J connectivity index is 3.05. The predicted octanol–water partition coefficient (Wildman–Crippen LogP) is 0.542. The molecule has 0 aliphatic heterocycles. The lowest BCUT2D eigenvalue weighted by Crippen LogP contribution is -1.91. The van der Waals surface area contributed by atoms with Gasteiger partial charge < -0.3 is 0 Å². The fourth-order valence-electron chi connectivity index (χ4n) is 0.275. The van der Waals surface area contributed by atoms with Crippen LogP contribution in [-0.4, -0.2) is 7.85 Å². The maximum absolute atomic E-state index is 5.29. The molecule has 0 aliphatic carbocycles. The molecule has 0 N–H and O–H groups in total. The highest BCUT2D eigenvalue weighted by Gasteiger charge is 1.74. The van der Waals surface area contributed by atoms with E-state index in [1.165, 1.54) is 0 Å². The fraction of sp³-hybridized carbons (Fsp3) is 0. The van der Waals surface area contributed by atoms with E-state index in [1.807, 2.05) is 16.8 Å². The van der Waals surface area contributed by atoms with Crippen molar-refractivity contribution < 1.29 is 0 Å². The highest BCUT2D eigenvalue weighted by atomic mass is 32.1. The second kappa shape index (κ2) is 1.48. The SMILES string of the molecule is [B]c1ccsc1. The van der Waals surface area contributed by atoms with E-state index in [9.17, 15) is 0 Å². The molecule has 28 valence electrons. The molecule has 0 saturated carbocycles. The number of hydrogen-bond acceptors (Lipinski definition) is 1. The van der Waals surface area contributed by atoms with E-state index >= 15 is 0 Å². The Labute approximate surface area is 42.2 Å². The monoisotopic (exact) mass is 94.0 g/mol. The van der Waals surface area contributed by atoms with Gasteiger partial charge in [-0.05, 0) is 10.8 Å². The van der Waals surface area contributed by atoms with Crippen molar-refractivity contribution in [1.29, 1.82) is 0 Å². The minimum absolute atomic E-state index is 0.861. The van der Waals surface area contributed by atoms with Gasteiger partial charge in [-0.25, -0.2) is 0 Å². The van der Waals surface area contributed by atoms with Crippen LogP contribution < -0.4 is 5.46 Å². The van der Waals surface area contributed by atoms with Crippen LogP contribution in [0.25, 0.3) is 0 Å². The van der Waals surface area contributed by atoms with Gasteiger partial charge in [0, 0.05) is 0 Å². The molecule has 0 saturated heterocycles. The third kappa shape index (κ3) is 0.629. The number of thiophene rings is 1. The molecular weight excluding hydrogens is 90.9 g/mol. The average Bonchev–Trinajstić information content (AvgIpc) is 1.86. The Hall–Kier alpha value is -0.235. The maximum atomic E-state index is 5.29. The third-order valence-corrected chi connectivity index (χ3v) is 1.24. The van der Waals surface area contributed by atoms with Crippen molar-refractivity contribution in [3.8, 4) is 0 Å². The number of hydrogen-bond donors (Lipinski definition) is 0. The normalized spacial score (nSPS) is 8.67. The Kier molecular flexibility index (Phi) is 0.969. The fourth-order valence-corrected chi connectivity index (χ4v) is 0.825. The molecule has 1 aromatic rings. The van der Waals surface area contributed by atoms with Crippen LogP contribution in [0.4, 0.5) is 0 Å². The van der Waals surface area contributed by atoms with Gasteiger partial charge in [0.15, 0.2) is 0 Å². The minimum Gasteiger partial charge on any atom is -0.153 e. The molecule has 0 unspecified atom stereocenters. The summed E-state index contributed by atoms with van der Waals surface area (Å²) >= 11 is 1.61.